The van der Waals surface area contributed by atoms with E-state index in [9.17, 15) is 4.79 Å². The maximum atomic E-state index is 11.9. The van der Waals surface area contributed by atoms with Crippen LogP contribution in [0.3, 0.4) is 0 Å². The summed E-state index contributed by atoms with van der Waals surface area (Å²) in [6.07, 6.45) is 3.41. The topological polar surface area (TPSA) is 45.8 Å². The smallest absolute Gasteiger partial charge is 0.270 e. The lowest BCUT2D eigenvalue weighted by atomic mass is 10.1. The van der Waals surface area contributed by atoms with Crippen molar-refractivity contribution in [2.75, 3.05) is 0 Å². The minimum absolute atomic E-state index is 0.0576. The number of nitrogens with one attached hydrogen (secondary N) is 1. The molecule has 3 heteroatoms. The van der Waals surface area contributed by atoms with Gasteiger partial charge in [0.15, 0.2) is 0 Å². The fourth-order valence-corrected chi connectivity index (χ4v) is 1.90. The second kappa shape index (κ2) is 5.63. The van der Waals surface area contributed by atoms with Crippen molar-refractivity contribution in [3.8, 4) is 0 Å². The largest absolute Gasteiger partial charge is 0.323 e. The van der Waals surface area contributed by atoms with Crippen molar-refractivity contribution in [1.82, 2.24) is 9.97 Å². The molecule has 94 valence electrons. The molecule has 1 atom stereocenters. The van der Waals surface area contributed by atoms with Crippen LogP contribution in [0.5, 0.6) is 0 Å². The summed E-state index contributed by atoms with van der Waals surface area (Å²) in [7, 11) is 0. The van der Waals surface area contributed by atoms with Crippen LogP contribution < -0.4 is 5.56 Å². The van der Waals surface area contributed by atoms with Crippen LogP contribution in [0.2, 0.25) is 0 Å². The number of hydrogen-bond acceptors (Lipinski definition) is 2. The molecule has 0 fully saturated rings. The van der Waals surface area contributed by atoms with Gasteiger partial charge in [0.05, 0.1) is 0 Å². The van der Waals surface area contributed by atoms with Gasteiger partial charge in [-0.1, -0.05) is 44.2 Å². The molecule has 1 N–H and O–H groups in total. The van der Waals surface area contributed by atoms with Crippen molar-refractivity contribution >= 4 is 0 Å². The van der Waals surface area contributed by atoms with Crippen LogP contribution in [0.25, 0.3) is 0 Å². The molecule has 0 radical (unpaired) electrons. The molecule has 1 aromatic heterocycles. The summed E-state index contributed by atoms with van der Waals surface area (Å²) < 4.78 is 0. The maximum Gasteiger partial charge on any atom is 0.270 e. The van der Waals surface area contributed by atoms with E-state index in [1.165, 1.54) is 5.56 Å². The van der Waals surface area contributed by atoms with Gasteiger partial charge >= 0.3 is 0 Å². The van der Waals surface area contributed by atoms with E-state index in [2.05, 4.69) is 16.9 Å². The lowest BCUT2D eigenvalue weighted by Gasteiger charge is -2.07. The third-order valence-corrected chi connectivity index (χ3v) is 3.18. The van der Waals surface area contributed by atoms with Crippen LogP contribution >= 0.6 is 0 Å². The molecule has 1 heterocycles. The van der Waals surface area contributed by atoms with E-state index in [0.717, 1.165) is 12.1 Å². The highest BCUT2D eigenvalue weighted by Crippen LogP contribution is 2.12. The molecule has 2 aromatic rings. The van der Waals surface area contributed by atoms with Crippen molar-refractivity contribution in [2.45, 2.75) is 32.6 Å². The Kier molecular flexibility index (Phi) is 3.92. The Morgan fingerprint density at radius 1 is 1.28 bits per heavy atom. The Labute approximate surface area is 107 Å². The summed E-state index contributed by atoms with van der Waals surface area (Å²) in [5.41, 5.74) is 2.61. The van der Waals surface area contributed by atoms with Crippen molar-refractivity contribution in [2.24, 2.45) is 0 Å². The van der Waals surface area contributed by atoms with E-state index in [1.54, 1.807) is 6.20 Å². The monoisotopic (exact) mass is 242 g/mol. The molecule has 0 aliphatic heterocycles. The summed E-state index contributed by atoms with van der Waals surface area (Å²) in [5.74, 6) is 0.208. The predicted molar refractivity (Wildman–Crippen MR) is 72.8 cm³/mol. The fraction of sp³-hybridized carbons (Fsp3) is 0.333. The van der Waals surface area contributed by atoms with Crippen molar-refractivity contribution in [3.63, 3.8) is 0 Å². The molecule has 18 heavy (non-hydrogen) atoms. The molecule has 2 rings (SSSR count). The number of aromatic nitrogens is 2. The minimum Gasteiger partial charge on any atom is -0.323 e. The van der Waals surface area contributed by atoms with E-state index >= 15 is 0 Å². The van der Waals surface area contributed by atoms with Crippen LogP contribution in [-0.4, -0.2) is 9.97 Å². The molecular weight excluding hydrogens is 224 g/mol. The Balaban J connectivity index is 2.22. The van der Waals surface area contributed by atoms with Crippen molar-refractivity contribution < 1.29 is 0 Å². The third-order valence-electron chi connectivity index (χ3n) is 3.18. The van der Waals surface area contributed by atoms with Gasteiger partial charge in [0, 0.05) is 24.2 Å². The van der Waals surface area contributed by atoms with Crippen LogP contribution in [-0.2, 0) is 6.42 Å². The van der Waals surface area contributed by atoms with Gasteiger partial charge in [-0.3, -0.25) is 9.78 Å². The lowest BCUT2D eigenvalue weighted by Crippen LogP contribution is -2.18. The van der Waals surface area contributed by atoms with Crippen LogP contribution in [0, 0.1) is 0 Å². The zero-order chi connectivity index (χ0) is 13.0. The highest BCUT2D eigenvalue weighted by atomic mass is 16.1. The highest BCUT2D eigenvalue weighted by Gasteiger charge is 2.09. The first-order chi connectivity index (χ1) is 8.70. The SMILES string of the molecule is CC[C@@H](C)c1ncc(Cc2ccccc2)[nH]c1=O. The Morgan fingerprint density at radius 3 is 2.61 bits per heavy atom. The molecule has 0 aliphatic carbocycles. The number of rotatable bonds is 4. The van der Waals surface area contributed by atoms with Gasteiger partial charge in [-0.2, -0.15) is 0 Å². The summed E-state index contributed by atoms with van der Waals surface area (Å²) in [6.45, 7) is 4.08. The molecule has 0 unspecified atom stereocenters. The Bertz CT molecular complexity index is 560. The quantitative estimate of drug-likeness (QED) is 0.896. The van der Waals surface area contributed by atoms with E-state index in [4.69, 9.17) is 0 Å². The molecule has 0 spiro atoms. The lowest BCUT2D eigenvalue weighted by molar-refractivity contribution is 0.690. The molecule has 0 aliphatic rings. The Hall–Kier alpha value is -1.90. The van der Waals surface area contributed by atoms with Crippen LogP contribution in [0.4, 0.5) is 0 Å². The molecule has 0 bridgehead atoms. The van der Waals surface area contributed by atoms with Crippen molar-refractivity contribution in [1.29, 1.82) is 0 Å². The van der Waals surface area contributed by atoms with Gasteiger partial charge in [0.25, 0.3) is 5.56 Å². The van der Waals surface area contributed by atoms with E-state index in [-0.39, 0.29) is 11.5 Å². The molecule has 0 saturated heterocycles. The highest BCUT2D eigenvalue weighted by molar-refractivity contribution is 5.20. The van der Waals surface area contributed by atoms with E-state index < -0.39 is 0 Å². The van der Waals surface area contributed by atoms with Crippen LogP contribution in [0.15, 0.2) is 41.3 Å². The standard InChI is InChI=1S/C15H18N2O/c1-3-11(2)14-15(18)17-13(10-16-14)9-12-7-5-4-6-8-12/h4-8,10-11H,3,9H2,1-2H3,(H,17,18)/t11-/m1/s1. The normalized spacial score (nSPS) is 12.3. The summed E-state index contributed by atoms with van der Waals surface area (Å²) >= 11 is 0. The maximum absolute atomic E-state index is 11.9. The summed E-state index contributed by atoms with van der Waals surface area (Å²) in [5, 5.41) is 0. The molecule has 0 saturated carbocycles. The average Bonchev–Trinajstić information content (AvgIpc) is 2.39. The van der Waals surface area contributed by atoms with Gasteiger partial charge in [-0.25, -0.2) is 0 Å². The first kappa shape index (κ1) is 12.6. The number of benzene rings is 1. The second-order valence-corrected chi connectivity index (χ2v) is 4.59. The third kappa shape index (κ3) is 2.86. The molecular formula is C15H18N2O. The zero-order valence-corrected chi connectivity index (χ0v) is 10.8. The first-order valence-corrected chi connectivity index (χ1v) is 6.32. The minimum atomic E-state index is -0.0576. The zero-order valence-electron chi connectivity index (χ0n) is 10.8. The fourth-order valence-electron chi connectivity index (χ4n) is 1.90. The predicted octanol–water partition coefficient (Wildman–Crippen LogP) is 2.87. The van der Waals surface area contributed by atoms with Gasteiger partial charge in [-0.05, 0) is 12.0 Å². The van der Waals surface area contributed by atoms with Gasteiger partial charge < -0.3 is 4.98 Å². The number of nitrogens with zero attached hydrogens (tertiary/aromatic N) is 1. The average molecular weight is 242 g/mol. The van der Waals surface area contributed by atoms with Crippen molar-refractivity contribution in [3.05, 3.63) is 63.8 Å². The number of H-pyrrole nitrogens is 1. The van der Waals surface area contributed by atoms with Gasteiger partial charge in [-0.15, -0.1) is 0 Å². The summed E-state index contributed by atoms with van der Waals surface area (Å²) in [6, 6.07) is 10.1. The molecule has 1 aromatic carbocycles. The number of hydrogen-bond donors (Lipinski definition) is 1. The first-order valence-electron chi connectivity index (χ1n) is 6.32. The summed E-state index contributed by atoms with van der Waals surface area (Å²) in [4.78, 5) is 19.1. The van der Waals surface area contributed by atoms with Gasteiger partial charge in [0.1, 0.15) is 5.69 Å². The number of aromatic amines is 1. The van der Waals surface area contributed by atoms with E-state index in [0.29, 0.717) is 12.1 Å². The second-order valence-electron chi connectivity index (χ2n) is 4.59. The van der Waals surface area contributed by atoms with Crippen LogP contribution in [0.1, 0.15) is 43.1 Å². The molecule has 3 nitrogen and oxygen atoms in total. The molecule has 0 amide bonds. The van der Waals surface area contributed by atoms with Gasteiger partial charge in [0.2, 0.25) is 0 Å². The van der Waals surface area contributed by atoms with E-state index in [1.807, 2.05) is 37.3 Å². The Morgan fingerprint density at radius 2 is 2.00 bits per heavy atom.